The van der Waals surface area contributed by atoms with Gasteiger partial charge in [-0.15, -0.1) is 0 Å². The van der Waals surface area contributed by atoms with E-state index in [0.717, 1.165) is 5.56 Å². The summed E-state index contributed by atoms with van der Waals surface area (Å²) in [6.45, 7) is 3.01. The number of aliphatic hydroxyl groups is 1. The summed E-state index contributed by atoms with van der Waals surface area (Å²) in [5.41, 5.74) is 0.764. The highest BCUT2D eigenvalue weighted by Gasteiger charge is 2.29. The topological polar surface area (TPSA) is 57.6 Å². The monoisotopic (exact) mass is 249 g/mol. The molecule has 4 heteroatoms. The molecule has 0 aliphatic carbocycles. The van der Waals surface area contributed by atoms with E-state index in [2.05, 4.69) is 0 Å². The zero-order valence-corrected chi connectivity index (χ0v) is 11.0. The number of hydrogen-bond donors (Lipinski definition) is 1. The number of benzene rings is 1. The number of amides is 1. The summed E-state index contributed by atoms with van der Waals surface area (Å²) in [4.78, 5) is 25.1. The van der Waals surface area contributed by atoms with Crippen molar-refractivity contribution in [1.82, 2.24) is 4.90 Å². The van der Waals surface area contributed by atoms with Gasteiger partial charge in [-0.2, -0.15) is 0 Å². The average Bonchev–Trinajstić information content (AvgIpc) is 2.38. The first-order valence-corrected chi connectivity index (χ1v) is 5.94. The van der Waals surface area contributed by atoms with Gasteiger partial charge in [0, 0.05) is 13.0 Å². The maximum Gasteiger partial charge on any atom is 0.248 e. The quantitative estimate of drug-likeness (QED) is 0.858. The maximum absolute atomic E-state index is 12.2. The Bertz CT molecular complexity index is 414. The van der Waals surface area contributed by atoms with Gasteiger partial charge in [-0.05, 0) is 5.56 Å². The lowest BCUT2D eigenvalue weighted by atomic mass is 9.94. The number of hydrogen-bond acceptors (Lipinski definition) is 3. The number of nitrogens with zero attached hydrogens (tertiary/aromatic N) is 1. The molecule has 98 valence electrons. The normalized spacial score (nSPS) is 12.3. The molecule has 4 nitrogen and oxygen atoms in total. The molecule has 0 saturated carbocycles. The van der Waals surface area contributed by atoms with Crippen molar-refractivity contribution in [3.8, 4) is 0 Å². The van der Waals surface area contributed by atoms with Crippen LogP contribution in [0.5, 0.6) is 0 Å². The minimum atomic E-state index is -0.633. The van der Waals surface area contributed by atoms with Crippen LogP contribution in [0, 0.1) is 5.92 Å². The first-order valence-electron chi connectivity index (χ1n) is 5.94. The van der Waals surface area contributed by atoms with Crippen molar-refractivity contribution < 1.29 is 14.7 Å². The summed E-state index contributed by atoms with van der Waals surface area (Å²) < 4.78 is 0. The molecule has 1 aromatic carbocycles. The molecule has 1 amide bonds. The van der Waals surface area contributed by atoms with Crippen molar-refractivity contribution in [3.05, 3.63) is 35.9 Å². The second kappa shape index (κ2) is 6.31. The van der Waals surface area contributed by atoms with Gasteiger partial charge in [0.15, 0.2) is 5.78 Å². The van der Waals surface area contributed by atoms with Crippen LogP contribution in [-0.2, 0) is 9.59 Å². The van der Waals surface area contributed by atoms with E-state index >= 15 is 0 Å². The van der Waals surface area contributed by atoms with Gasteiger partial charge in [0.2, 0.25) is 5.91 Å². The number of ketones is 1. The van der Waals surface area contributed by atoms with Crippen LogP contribution in [0.25, 0.3) is 0 Å². The first-order chi connectivity index (χ1) is 8.49. The summed E-state index contributed by atoms with van der Waals surface area (Å²) in [5.74, 6) is -0.674. The molecule has 0 bridgehead atoms. The molecule has 1 rings (SSSR count). The van der Waals surface area contributed by atoms with Gasteiger partial charge in [0.05, 0.1) is 0 Å². The van der Waals surface area contributed by atoms with Crippen molar-refractivity contribution in [2.24, 2.45) is 5.92 Å². The lowest BCUT2D eigenvalue weighted by Gasteiger charge is -2.28. The fraction of sp³-hybridized carbons (Fsp3) is 0.429. The van der Waals surface area contributed by atoms with Gasteiger partial charge in [-0.25, -0.2) is 0 Å². The molecule has 1 atom stereocenters. The zero-order valence-electron chi connectivity index (χ0n) is 11.0. The van der Waals surface area contributed by atoms with Gasteiger partial charge in [0.25, 0.3) is 0 Å². The largest absolute Gasteiger partial charge is 0.387 e. The number of likely N-dealkylation sites (N-methyl/N-ethyl adjacent to an activating group) is 1. The Morgan fingerprint density at radius 3 is 2.22 bits per heavy atom. The van der Waals surface area contributed by atoms with Crippen molar-refractivity contribution in [3.63, 3.8) is 0 Å². The number of aliphatic hydroxyl groups excluding tert-OH is 1. The number of carbonyl (C=O) groups is 2. The van der Waals surface area contributed by atoms with E-state index in [-0.39, 0.29) is 11.7 Å². The number of carbonyl (C=O) groups excluding carboxylic acids is 2. The smallest absolute Gasteiger partial charge is 0.248 e. The zero-order chi connectivity index (χ0) is 13.7. The summed E-state index contributed by atoms with van der Waals surface area (Å²) in [6, 6.07) is 8.50. The van der Waals surface area contributed by atoms with E-state index in [1.807, 2.05) is 30.3 Å². The van der Waals surface area contributed by atoms with Crippen molar-refractivity contribution >= 4 is 11.7 Å². The van der Waals surface area contributed by atoms with Gasteiger partial charge in [-0.3, -0.25) is 9.59 Å². The van der Waals surface area contributed by atoms with Gasteiger partial charge in [0.1, 0.15) is 12.6 Å². The molecule has 1 aromatic rings. The van der Waals surface area contributed by atoms with Crippen LogP contribution in [0.1, 0.15) is 25.5 Å². The van der Waals surface area contributed by atoms with Crippen LogP contribution in [0.15, 0.2) is 30.3 Å². The van der Waals surface area contributed by atoms with Crippen molar-refractivity contribution in [2.75, 3.05) is 13.7 Å². The molecular formula is C14H19NO3. The van der Waals surface area contributed by atoms with Crippen LogP contribution in [0.4, 0.5) is 0 Å². The second-order valence-corrected chi connectivity index (χ2v) is 4.53. The molecule has 0 spiro atoms. The van der Waals surface area contributed by atoms with Crippen LogP contribution in [0.2, 0.25) is 0 Å². The third-order valence-corrected chi connectivity index (χ3v) is 2.87. The Hall–Kier alpha value is -1.68. The highest BCUT2D eigenvalue weighted by atomic mass is 16.3. The average molecular weight is 249 g/mol. The SMILES string of the molecule is CC(C)C(=O)C(c1ccccc1)N(C)C(=O)CO. The Morgan fingerprint density at radius 1 is 1.22 bits per heavy atom. The predicted molar refractivity (Wildman–Crippen MR) is 68.9 cm³/mol. The summed E-state index contributed by atoms with van der Waals surface area (Å²) in [7, 11) is 1.54. The van der Waals surface area contributed by atoms with Crippen LogP contribution in [-0.4, -0.2) is 35.4 Å². The molecular weight excluding hydrogens is 230 g/mol. The number of Topliss-reactive ketones (excluding diaryl/α,β-unsaturated/α-hetero) is 1. The van der Waals surface area contributed by atoms with Crippen molar-refractivity contribution in [1.29, 1.82) is 0 Å². The second-order valence-electron chi connectivity index (χ2n) is 4.53. The maximum atomic E-state index is 12.2. The third-order valence-electron chi connectivity index (χ3n) is 2.87. The Kier molecular flexibility index (Phi) is 5.04. The predicted octanol–water partition coefficient (Wildman–Crippen LogP) is 1.40. The molecule has 18 heavy (non-hydrogen) atoms. The van der Waals surface area contributed by atoms with Gasteiger partial charge in [-0.1, -0.05) is 44.2 Å². The van der Waals surface area contributed by atoms with Crippen molar-refractivity contribution in [2.45, 2.75) is 19.9 Å². The Morgan fingerprint density at radius 2 is 1.78 bits per heavy atom. The van der Waals surface area contributed by atoms with Gasteiger partial charge < -0.3 is 10.0 Å². The molecule has 0 aliphatic rings. The van der Waals surface area contributed by atoms with Crippen LogP contribution < -0.4 is 0 Å². The van der Waals surface area contributed by atoms with Gasteiger partial charge >= 0.3 is 0 Å². The molecule has 0 aromatic heterocycles. The standard InChI is InChI=1S/C14H19NO3/c1-10(2)14(18)13(15(3)12(17)9-16)11-7-5-4-6-8-11/h4-8,10,13,16H,9H2,1-3H3. The highest BCUT2D eigenvalue weighted by molar-refractivity contribution is 5.91. The van der Waals surface area contributed by atoms with E-state index in [1.165, 1.54) is 11.9 Å². The van der Waals surface area contributed by atoms with E-state index < -0.39 is 18.6 Å². The molecule has 1 unspecified atom stereocenters. The minimum Gasteiger partial charge on any atom is -0.387 e. The fourth-order valence-electron chi connectivity index (χ4n) is 1.79. The van der Waals surface area contributed by atoms with E-state index in [4.69, 9.17) is 5.11 Å². The lowest BCUT2D eigenvalue weighted by molar-refractivity contribution is -0.141. The summed E-state index contributed by atoms with van der Waals surface area (Å²) >= 11 is 0. The summed E-state index contributed by atoms with van der Waals surface area (Å²) in [6.07, 6.45) is 0. The van der Waals surface area contributed by atoms with E-state index in [0.29, 0.717) is 0 Å². The fourth-order valence-corrected chi connectivity index (χ4v) is 1.79. The lowest BCUT2D eigenvalue weighted by Crippen LogP contribution is -2.39. The molecule has 0 saturated heterocycles. The molecule has 1 N–H and O–H groups in total. The summed E-state index contributed by atoms with van der Waals surface area (Å²) in [5, 5.41) is 8.92. The molecule has 0 heterocycles. The Labute approximate surface area is 107 Å². The molecule has 0 aliphatic heterocycles. The highest BCUT2D eigenvalue weighted by Crippen LogP contribution is 2.23. The van der Waals surface area contributed by atoms with E-state index in [9.17, 15) is 9.59 Å². The van der Waals surface area contributed by atoms with Crippen LogP contribution >= 0.6 is 0 Å². The molecule has 0 radical (unpaired) electrons. The van der Waals surface area contributed by atoms with E-state index in [1.54, 1.807) is 13.8 Å². The first kappa shape index (κ1) is 14.4. The molecule has 0 fully saturated rings. The number of rotatable bonds is 5. The van der Waals surface area contributed by atoms with Crippen LogP contribution in [0.3, 0.4) is 0 Å². The Balaban J connectivity index is 3.11. The minimum absolute atomic E-state index is 0.0366. The third kappa shape index (κ3) is 3.17.